The monoisotopic (exact) mass is 362 g/mol. The smallest absolute Gasteiger partial charge is 0.354 e. The number of aliphatic hydroxyl groups excluding tert-OH is 1. The van der Waals surface area contributed by atoms with Crippen LogP contribution in [0.1, 0.15) is 20.3 Å². The summed E-state index contributed by atoms with van der Waals surface area (Å²) in [6.07, 6.45) is -0.683. The molecule has 0 spiro atoms. The highest BCUT2D eigenvalue weighted by Gasteiger charge is 2.57. The first kappa shape index (κ1) is 18.1. The van der Waals surface area contributed by atoms with E-state index in [2.05, 4.69) is 0 Å². The van der Waals surface area contributed by atoms with Gasteiger partial charge in [-0.3, -0.25) is 14.5 Å². The molecule has 4 atom stereocenters. The van der Waals surface area contributed by atoms with E-state index in [0.717, 1.165) is 28.4 Å². The number of thioether (sulfide) groups is 2. The third-order valence-electron chi connectivity index (χ3n) is 3.99. The Morgan fingerprint density at radius 3 is 2.52 bits per heavy atom. The molecule has 2 aliphatic rings. The minimum Gasteiger partial charge on any atom is -0.480 e. The third-order valence-corrected chi connectivity index (χ3v) is 6.90. The summed E-state index contributed by atoms with van der Waals surface area (Å²) >= 11 is 2.18. The van der Waals surface area contributed by atoms with Gasteiger partial charge < -0.3 is 21.1 Å². The fourth-order valence-corrected chi connectivity index (χ4v) is 5.47. The van der Waals surface area contributed by atoms with Crippen LogP contribution in [0.25, 0.3) is 0 Å². The molecule has 0 aliphatic carbocycles. The summed E-state index contributed by atoms with van der Waals surface area (Å²) in [4.78, 5) is 35.9. The van der Waals surface area contributed by atoms with E-state index in [4.69, 9.17) is 5.73 Å². The summed E-state index contributed by atoms with van der Waals surface area (Å²) in [5.74, 6) is -3.51. The maximum atomic E-state index is 12.0. The second-order valence-electron chi connectivity index (χ2n) is 5.53. The number of carbonyl (C=O) groups is 3. The van der Waals surface area contributed by atoms with Crippen LogP contribution >= 0.6 is 23.5 Å². The Hall–Kier alpha value is -1.23. The van der Waals surface area contributed by atoms with E-state index in [9.17, 15) is 29.7 Å². The van der Waals surface area contributed by atoms with Gasteiger partial charge in [-0.15, -0.1) is 11.8 Å². The van der Waals surface area contributed by atoms with Crippen molar-refractivity contribution in [1.29, 1.82) is 0 Å². The van der Waals surface area contributed by atoms with Crippen molar-refractivity contribution < 1.29 is 29.7 Å². The molecule has 1 unspecified atom stereocenters. The van der Waals surface area contributed by atoms with E-state index in [1.807, 2.05) is 0 Å². The largest absolute Gasteiger partial charge is 0.480 e. The predicted molar refractivity (Wildman–Crippen MR) is 85.4 cm³/mol. The number of amides is 1. The third kappa shape index (κ3) is 2.95. The van der Waals surface area contributed by atoms with E-state index < -0.39 is 40.8 Å². The lowest BCUT2D eigenvalue weighted by molar-refractivity contribution is -0.156. The van der Waals surface area contributed by atoms with Gasteiger partial charge in [0.2, 0.25) is 5.91 Å². The van der Waals surface area contributed by atoms with Crippen LogP contribution in [0, 0.1) is 5.92 Å². The van der Waals surface area contributed by atoms with Gasteiger partial charge in [0.15, 0.2) is 5.70 Å². The Bertz CT molecular complexity index is 593. The highest BCUT2D eigenvalue weighted by Crippen LogP contribution is 2.54. The molecular weight excluding hydrogens is 344 g/mol. The first-order valence-corrected chi connectivity index (χ1v) is 8.81. The van der Waals surface area contributed by atoms with Gasteiger partial charge in [-0.25, -0.2) is 4.79 Å². The molecule has 128 valence electrons. The summed E-state index contributed by atoms with van der Waals surface area (Å²) in [7, 11) is 0. The van der Waals surface area contributed by atoms with E-state index in [0.29, 0.717) is 4.24 Å². The number of carboxylic acids is 2. The quantitative estimate of drug-likeness (QED) is 0.463. The van der Waals surface area contributed by atoms with E-state index >= 15 is 0 Å². The van der Waals surface area contributed by atoms with Gasteiger partial charge in [-0.05, 0) is 13.3 Å². The van der Waals surface area contributed by atoms with Crippen molar-refractivity contribution in [1.82, 2.24) is 4.90 Å². The van der Waals surface area contributed by atoms with Gasteiger partial charge in [0, 0.05) is 5.75 Å². The number of fused-ring (bicyclic) bond motifs is 1. The SMILES string of the molecule is CC[C@](N)(CSC1=C(C(=O)O)N2C(=O)[C@H](C(C)O)[C@H]2S1)C(=O)O. The highest BCUT2D eigenvalue weighted by molar-refractivity contribution is 8.22. The Kier molecular flexibility index (Phi) is 5.00. The van der Waals surface area contributed by atoms with Gasteiger partial charge in [0.05, 0.1) is 16.3 Å². The molecule has 2 rings (SSSR count). The number of nitrogens with two attached hydrogens (primary N) is 1. The first-order chi connectivity index (χ1) is 10.6. The van der Waals surface area contributed by atoms with Crippen LogP contribution in [0.15, 0.2) is 9.93 Å². The van der Waals surface area contributed by atoms with Crippen molar-refractivity contribution in [3.05, 3.63) is 9.93 Å². The zero-order valence-corrected chi connectivity index (χ0v) is 14.2. The van der Waals surface area contributed by atoms with Gasteiger partial charge in [-0.1, -0.05) is 18.7 Å². The molecule has 0 aromatic rings. The van der Waals surface area contributed by atoms with Gasteiger partial charge in [-0.2, -0.15) is 0 Å². The van der Waals surface area contributed by atoms with Crippen molar-refractivity contribution in [3.8, 4) is 0 Å². The maximum Gasteiger partial charge on any atom is 0.354 e. The lowest BCUT2D eigenvalue weighted by Gasteiger charge is -2.43. The van der Waals surface area contributed by atoms with Gasteiger partial charge >= 0.3 is 11.9 Å². The zero-order valence-electron chi connectivity index (χ0n) is 12.6. The number of hydrogen-bond acceptors (Lipinski definition) is 7. The minimum absolute atomic E-state index is 0.00789. The molecular formula is C13H18N2O6S2. The molecule has 8 nitrogen and oxygen atoms in total. The molecule has 0 aromatic heterocycles. The molecule has 1 fully saturated rings. The Balaban J connectivity index is 2.20. The van der Waals surface area contributed by atoms with Crippen molar-refractivity contribution in [3.63, 3.8) is 0 Å². The minimum atomic E-state index is -1.47. The van der Waals surface area contributed by atoms with Gasteiger partial charge in [0.25, 0.3) is 0 Å². The molecule has 2 aliphatic heterocycles. The maximum absolute atomic E-state index is 12.0. The normalized spacial score (nSPS) is 27.3. The second-order valence-corrected chi connectivity index (χ2v) is 7.90. The number of aliphatic hydroxyl groups is 1. The van der Waals surface area contributed by atoms with Crippen LogP contribution < -0.4 is 5.73 Å². The van der Waals surface area contributed by atoms with Crippen molar-refractivity contribution in [2.24, 2.45) is 11.7 Å². The molecule has 10 heteroatoms. The van der Waals surface area contributed by atoms with Crippen LogP contribution in [-0.2, 0) is 14.4 Å². The molecule has 0 bridgehead atoms. The van der Waals surface area contributed by atoms with Crippen LogP contribution in [0.3, 0.4) is 0 Å². The van der Waals surface area contributed by atoms with Crippen molar-refractivity contribution in [2.75, 3.05) is 5.75 Å². The molecule has 5 N–H and O–H groups in total. The molecule has 1 saturated heterocycles. The standard InChI is InChI=1S/C13H18N2O6S2/c1-3-13(14,12(20)21)4-22-11-7(10(18)19)15-8(17)6(5(2)16)9(15)23-11/h5-6,9,16H,3-4,14H2,1-2H3,(H,18,19)(H,20,21)/t5?,6-,9+,13-/m0/s1. The van der Waals surface area contributed by atoms with Crippen LogP contribution in [0.5, 0.6) is 0 Å². The Morgan fingerprint density at radius 1 is 1.48 bits per heavy atom. The molecule has 23 heavy (non-hydrogen) atoms. The summed E-state index contributed by atoms with van der Waals surface area (Å²) in [5.41, 5.74) is 4.18. The predicted octanol–water partition coefficient (Wildman–Crippen LogP) is 0.0775. The molecule has 0 radical (unpaired) electrons. The number of β-lactam (4-membered cyclic amide) rings is 1. The van der Waals surface area contributed by atoms with Crippen LogP contribution in [-0.4, -0.2) is 60.8 Å². The van der Waals surface area contributed by atoms with Gasteiger partial charge in [0.1, 0.15) is 10.9 Å². The number of rotatable bonds is 7. The average Bonchev–Trinajstić information content (AvgIpc) is 2.78. The second kappa shape index (κ2) is 6.34. The average molecular weight is 362 g/mol. The summed E-state index contributed by atoms with van der Waals surface area (Å²) in [6, 6.07) is 0. The topological polar surface area (TPSA) is 141 Å². The molecule has 2 heterocycles. The summed E-state index contributed by atoms with van der Waals surface area (Å²) < 4.78 is 0.350. The van der Waals surface area contributed by atoms with Crippen molar-refractivity contribution in [2.45, 2.75) is 37.3 Å². The number of hydrogen-bond donors (Lipinski definition) is 4. The first-order valence-electron chi connectivity index (χ1n) is 6.94. The summed E-state index contributed by atoms with van der Waals surface area (Å²) in [5, 5.41) is 27.7. The Morgan fingerprint density at radius 2 is 2.09 bits per heavy atom. The Labute approximate surface area is 141 Å². The van der Waals surface area contributed by atoms with E-state index in [1.54, 1.807) is 6.92 Å². The van der Waals surface area contributed by atoms with E-state index in [1.165, 1.54) is 6.92 Å². The van der Waals surface area contributed by atoms with Crippen molar-refractivity contribution >= 4 is 41.4 Å². The number of carboxylic acid groups (broad SMARTS) is 2. The number of aliphatic carboxylic acids is 2. The molecule has 1 amide bonds. The fourth-order valence-electron chi connectivity index (χ4n) is 2.36. The number of carbonyl (C=O) groups excluding carboxylic acids is 1. The van der Waals surface area contributed by atoms with E-state index in [-0.39, 0.29) is 17.9 Å². The lowest BCUT2D eigenvalue weighted by atomic mass is 9.92. The van der Waals surface area contributed by atoms with Crippen LogP contribution in [0.2, 0.25) is 0 Å². The number of nitrogens with zero attached hydrogens (tertiary/aromatic N) is 1. The molecule has 0 saturated carbocycles. The zero-order chi connectivity index (χ0) is 17.5. The molecule has 0 aromatic carbocycles. The summed E-state index contributed by atoms with van der Waals surface area (Å²) in [6.45, 7) is 3.13. The van der Waals surface area contributed by atoms with Crippen LogP contribution in [0.4, 0.5) is 0 Å². The fraction of sp³-hybridized carbons (Fsp3) is 0.615. The lowest BCUT2D eigenvalue weighted by Crippen LogP contribution is -2.60. The highest BCUT2D eigenvalue weighted by atomic mass is 32.2.